The van der Waals surface area contributed by atoms with Gasteiger partial charge in [0.15, 0.2) is 5.78 Å². The van der Waals surface area contributed by atoms with Crippen molar-refractivity contribution < 1.29 is 58.9 Å². The van der Waals surface area contributed by atoms with Crippen LogP contribution >= 0.6 is 0 Å². The number of terminal acetylenes is 1. The number of ketones is 1. The van der Waals surface area contributed by atoms with Crippen LogP contribution in [-0.2, 0) is 39.8 Å². The maximum Gasteiger partial charge on any atom is 0.364 e. The van der Waals surface area contributed by atoms with E-state index in [0.717, 1.165) is 16.7 Å². The highest BCUT2D eigenvalue weighted by Gasteiger charge is 2.55. The van der Waals surface area contributed by atoms with Gasteiger partial charge in [0.1, 0.15) is 19.3 Å². The molecule has 47 heavy (non-hydrogen) atoms. The third kappa shape index (κ3) is 11.5. The smallest absolute Gasteiger partial charge is 0.364 e. The molecule has 1 aliphatic rings. The van der Waals surface area contributed by atoms with Crippen molar-refractivity contribution in [1.82, 2.24) is 5.32 Å². The van der Waals surface area contributed by atoms with Gasteiger partial charge in [-0.1, -0.05) is 60.5 Å². The molecular formula is C34H43NO12. The SMILES string of the molecule is C#CCOCCOCCO[C@]1(C(=O)O)C[C@H](O)[C@@H](CCC(=O)CO)[C@H]([C@H](O)[C@H](O)CNC(=O)Cc2ccc(-c3ccccc3)cc2)O1. The van der Waals surface area contributed by atoms with Crippen LogP contribution in [0.4, 0.5) is 0 Å². The summed E-state index contributed by atoms with van der Waals surface area (Å²) in [6.07, 6.45) is -2.17. The molecule has 6 N–H and O–H groups in total. The Bertz CT molecular complexity index is 1310. The molecule has 2 aromatic carbocycles. The Labute approximate surface area is 273 Å². The van der Waals surface area contributed by atoms with Crippen LogP contribution in [0.3, 0.4) is 0 Å². The summed E-state index contributed by atoms with van der Waals surface area (Å²) in [6.45, 7) is -1.00. The first-order valence-corrected chi connectivity index (χ1v) is 15.3. The van der Waals surface area contributed by atoms with Crippen LogP contribution in [0.1, 0.15) is 24.8 Å². The Balaban J connectivity index is 1.63. The number of carbonyl (C=O) groups excluding carboxylic acids is 2. The number of carbonyl (C=O) groups is 3. The summed E-state index contributed by atoms with van der Waals surface area (Å²) >= 11 is 0. The predicted octanol–water partition coefficient (Wildman–Crippen LogP) is 0.306. The lowest BCUT2D eigenvalue weighted by Crippen LogP contribution is -2.62. The zero-order valence-electron chi connectivity index (χ0n) is 26.0. The van der Waals surface area contributed by atoms with Crippen molar-refractivity contribution in [1.29, 1.82) is 0 Å². The van der Waals surface area contributed by atoms with Crippen LogP contribution in [0, 0.1) is 18.3 Å². The largest absolute Gasteiger partial charge is 0.477 e. The van der Waals surface area contributed by atoms with E-state index in [-0.39, 0.29) is 52.3 Å². The fourth-order valence-corrected chi connectivity index (χ4v) is 5.25. The van der Waals surface area contributed by atoms with Gasteiger partial charge in [-0.2, -0.15) is 0 Å². The van der Waals surface area contributed by atoms with Crippen LogP contribution in [0.25, 0.3) is 11.1 Å². The van der Waals surface area contributed by atoms with E-state index in [9.17, 15) is 34.8 Å². The second-order valence-electron chi connectivity index (χ2n) is 11.1. The lowest BCUT2D eigenvalue weighted by Gasteiger charge is -2.46. The molecule has 1 aliphatic heterocycles. The van der Waals surface area contributed by atoms with Crippen molar-refractivity contribution >= 4 is 17.7 Å². The predicted molar refractivity (Wildman–Crippen MR) is 168 cm³/mol. The number of rotatable bonds is 20. The van der Waals surface area contributed by atoms with Gasteiger partial charge in [0.25, 0.3) is 5.79 Å². The molecule has 1 heterocycles. The van der Waals surface area contributed by atoms with E-state index < -0.39 is 73.4 Å². The number of aliphatic carboxylic acids is 1. The van der Waals surface area contributed by atoms with E-state index >= 15 is 0 Å². The Morgan fingerprint density at radius 3 is 2.32 bits per heavy atom. The molecule has 0 bridgehead atoms. The molecule has 1 fully saturated rings. The molecule has 0 saturated carbocycles. The number of carboxylic acid groups (broad SMARTS) is 1. The zero-order valence-corrected chi connectivity index (χ0v) is 26.0. The maximum atomic E-state index is 12.7. The molecule has 6 atom stereocenters. The molecule has 0 unspecified atom stereocenters. The number of nitrogens with one attached hydrogen (secondary N) is 1. The average molecular weight is 658 g/mol. The van der Waals surface area contributed by atoms with Crippen LogP contribution < -0.4 is 5.32 Å². The monoisotopic (exact) mass is 657 g/mol. The van der Waals surface area contributed by atoms with Crippen molar-refractivity contribution in [3.8, 4) is 23.5 Å². The van der Waals surface area contributed by atoms with Crippen molar-refractivity contribution in [2.24, 2.45) is 5.92 Å². The normalized spacial score (nSPS) is 22.1. The molecule has 2 aromatic rings. The summed E-state index contributed by atoms with van der Waals surface area (Å²) in [5.74, 6) is -3.69. The Morgan fingerprint density at radius 1 is 1.00 bits per heavy atom. The fourth-order valence-electron chi connectivity index (χ4n) is 5.25. The van der Waals surface area contributed by atoms with Gasteiger partial charge in [0.2, 0.25) is 5.91 Å². The highest BCUT2D eigenvalue weighted by atomic mass is 16.7. The number of Topliss-reactive ketones (excluding diaryl/α,β-unsaturated/α-hetero) is 1. The third-order valence-electron chi connectivity index (χ3n) is 7.76. The minimum atomic E-state index is -2.42. The molecule has 13 heteroatoms. The van der Waals surface area contributed by atoms with E-state index in [4.69, 9.17) is 30.5 Å². The molecule has 0 aromatic heterocycles. The highest BCUT2D eigenvalue weighted by molar-refractivity contribution is 5.79. The minimum Gasteiger partial charge on any atom is -0.477 e. The molecule has 256 valence electrons. The molecule has 0 aliphatic carbocycles. The number of amides is 1. The summed E-state index contributed by atoms with van der Waals surface area (Å²) in [4.78, 5) is 36.9. The molecule has 0 radical (unpaired) electrons. The van der Waals surface area contributed by atoms with Gasteiger partial charge in [-0.3, -0.25) is 9.59 Å². The first kappa shape index (κ1) is 37.7. The van der Waals surface area contributed by atoms with E-state index in [0.29, 0.717) is 0 Å². The quantitative estimate of drug-likeness (QED) is 0.0842. The first-order valence-electron chi connectivity index (χ1n) is 15.3. The summed E-state index contributed by atoms with van der Waals surface area (Å²) in [5.41, 5.74) is 2.73. The Hall–Kier alpha value is -3.71. The number of carboxylic acids is 1. The summed E-state index contributed by atoms with van der Waals surface area (Å²) < 4.78 is 21.8. The third-order valence-corrected chi connectivity index (χ3v) is 7.76. The van der Waals surface area contributed by atoms with E-state index in [1.165, 1.54) is 0 Å². The van der Waals surface area contributed by atoms with Gasteiger partial charge in [0, 0.05) is 25.3 Å². The number of aliphatic hydroxyl groups is 4. The van der Waals surface area contributed by atoms with Gasteiger partial charge in [-0.05, 0) is 23.1 Å². The average Bonchev–Trinajstić information content (AvgIpc) is 3.07. The van der Waals surface area contributed by atoms with Gasteiger partial charge >= 0.3 is 5.97 Å². The summed E-state index contributed by atoms with van der Waals surface area (Å²) in [5, 5.41) is 54.8. The molecule has 0 spiro atoms. The molecule has 13 nitrogen and oxygen atoms in total. The number of hydrogen-bond donors (Lipinski definition) is 6. The highest BCUT2D eigenvalue weighted by Crippen LogP contribution is 2.38. The van der Waals surface area contributed by atoms with Crippen LogP contribution in [0.2, 0.25) is 0 Å². The van der Waals surface area contributed by atoms with E-state index in [2.05, 4.69) is 11.2 Å². The second kappa shape index (κ2) is 19.2. The first-order chi connectivity index (χ1) is 22.6. The maximum absolute atomic E-state index is 12.7. The van der Waals surface area contributed by atoms with Crippen molar-refractivity contribution in [3.63, 3.8) is 0 Å². The molecule has 3 rings (SSSR count). The van der Waals surface area contributed by atoms with E-state index in [1.54, 1.807) is 0 Å². The minimum absolute atomic E-state index is 0.00348. The fraction of sp³-hybridized carbons (Fsp3) is 0.500. The lowest BCUT2D eigenvalue weighted by atomic mass is 9.80. The van der Waals surface area contributed by atoms with Crippen LogP contribution in [0.5, 0.6) is 0 Å². The van der Waals surface area contributed by atoms with Crippen molar-refractivity contribution in [2.45, 2.75) is 55.9 Å². The molecule has 1 amide bonds. The van der Waals surface area contributed by atoms with E-state index in [1.807, 2.05) is 54.6 Å². The molecular weight excluding hydrogens is 614 g/mol. The van der Waals surface area contributed by atoms with Gasteiger partial charge in [0.05, 0.1) is 51.2 Å². The summed E-state index contributed by atoms with van der Waals surface area (Å²) in [7, 11) is 0. The number of ether oxygens (including phenoxy) is 4. The molecule has 1 saturated heterocycles. The zero-order chi connectivity index (χ0) is 34.2. The summed E-state index contributed by atoms with van der Waals surface area (Å²) in [6, 6.07) is 17.1. The van der Waals surface area contributed by atoms with Crippen LogP contribution in [0.15, 0.2) is 54.6 Å². The second-order valence-corrected chi connectivity index (χ2v) is 11.1. The number of aliphatic hydroxyl groups excluding tert-OH is 4. The van der Waals surface area contributed by atoms with Gasteiger partial charge in [-0.25, -0.2) is 4.79 Å². The lowest BCUT2D eigenvalue weighted by molar-refractivity contribution is -0.320. The van der Waals surface area contributed by atoms with Crippen molar-refractivity contribution in [2.75, 3.05) is 46.2 Å². The van der Waals surface area contributed by atoms with Gasteiger partial charge in [-0.15, -0.1) is 6.42 Å². The van der Waals surface area contributed by atoms with Crippen molar-refractivity contribution in [3.05, 3.63) is 60.2 Å². The topological polar surface area (TPSA) is 201 Å². The Morgan fingerprint density at radius 2 is 1.66 bits per heavy atom. The number of hydrogen-bond acceptors (Lipinski definition) is 11. The Kier molecular flexibility index (Phi) is 15.4. The van der Waals surface area contributed by atoms with Crippen LogP contribution in [-0.4, -0.2) is 120 Å². The van der Waals surface area contributed by atoms with Gasteiger partial charge < -0.3 is 49.8 Å². The number of benzene rings is 2. The standard InChI is InChI=1S/C34H43NO12/c1-2-14-44-15-16-45-17-18-46-34(33(42)43)20-28(38)27(13-12-26(37)22-36)32(47-34)31(41)29(39)21-35-30(40)19-23-8-10-25(11-9-23)24-6-4-3-5-7-24/h1,3-11,27-29,31-32,36,38-39,41H,12-22H2,(H,35,40)(H,42,43)/t27-,28+,29-,31-,32-,34-/m1/s1.